The van der Waals surface area contributed by atoms with Gasteiger partial charge in [-0.25, -0.2) is 14.4 Å². The Kier molecular flexibility index (Phi) is 4.15. The number of nitro benzene ring substituents is 1. The molecule has 134 valence electrons. The summed E-state index contributed by atoms with van der Waals surface area (Å²) in [6.45, 7) is 4.66. The average molecular weight is 373 g/mol. The van der Waals surface area contributed by atoms with Crippen LogP contribution in [0.1, 0.15) is 4.88 Å². The van der Waals surface area contributed by atoms with Crippen LogP contribution in [0.5, 0.6) is 0 Å². The van der Waals surface area contributed by atoms with Gasteiger partial charge in [0.2, 0.25) is 0 Å². The van der Waals surface area contributed by atoms with E-state index in [4.69, 9.17) is 0 Å². The molecule has 0 N–H and O–H groups in total. The van der Waals surface area contributed by atoms with Crippen LogP contribution in [-0.4, -0.2) is 41.1 Å². The second-order valence-electron chi connectivity index (χ2n) is 6.14. The fraction of sp³-hybridized carbons (Fsp3) is 0.294. The lowest BCUT2D eigenvalue weighted by atomic mass is 10.2. The summed E-state index contributed by atoms with van der Waals surface area (Å²) in [4.78, 5) is 25.2. The third kappa shape index (κ3) is 2.94. The van der Waals surface area contributed by atoms with Gasteiger partial charge in [-0.1, -0.05) is 0 Å². The molecule has 0 spiro atoms. The van der Waals surface area contributed by atoms with Gasteiger partial charge in [-0.05, 0) is 19.1 Å². The topological polar surface area (TPSA) is 75.4 Å². The summed E-state index contributed by atoms with van der Waals surface area (Å²) in [6.07, 6.45) is 1.58. The summed E-state index contributed by atoms with van der Waals surface area (Å²) >= 11 is 1.64. The highest BCUT2D eigenvalue weighted by Crippen LogP contribution is 2.31. The summed E-state index contributed by atoms with van der Waals surface area (Å²) in [7, 11) is 0. The van der Waals surface area contributed by atoms with E-state index in [0.29, 0.717) is 31.9 Å². The number of aromatic nitrogens is 2. The van der Waals surface area contributed by atoms with Crippen LogP contribution < -0.4 is 9.80 Å². The number of anilines is 2. The molecule has 0 saturated carbocycles. The second kappa shape index (κ2) is 6.49. The number of nitro groups is 1. The lowest BCUT2D eigenvalue weighted by Gasteiger charge is -2.36. The minimum Gasteiger partial charge on any atom is -0.366 e. The summed E-state index contributed by atoms with van der Waals surface area (Å²) in [6, 6.07) is 5.89. The zero-order valence-electron chi connectivity index (χ0n) is 14.1. The Balaban J connectivity index is 1.53. The summed E-state index contributed by atoms with van der Waals surface area (Å²) in [5.41, 5.74) is 0.163. The zero-order valence-corrected chi connectivity index (χ0v) is 14.9. The Labute approximate surface area is 152 Å². The number of hydrogen-bond acceptors (Lipinski definition) is 7. The Bertz CT molecular complexity index is 984. The molecule has 3 heterocycles. The Morgan fingerprint density at radius 3 is 2.58 bits per heavy atom. The van der Waals surface area contributed by atoms with Crippen molar-refractivity contribution in [2.45, 2.75) is 6.92 Å². The van der Waals surface area contributed by atoms with Crippen LogP contribution in [0.3, 0.4) is 0 Å². The number of thiophene rings is 1. The number of fused-ring (bicyclic) bond motifs is 1. The van der Waals surface area contributed by atoms with Crippen LogP contribution in [0.15, 0.2) is 30.6 Å². The van der Waals surface area contributed by atoms with Crippen LogP contribution in [0, 0.1) is 22.9 Å². The number of piperazine rings is 1. The van der Waals surface area contributed by atoms with Gasteiger partial charge in [-0.2, -0.15) is 0 Å². The van der Waals surface area contributed by atoms with E-state index in [1.54, 1.807) is 17.7 Å². The molecule has 2 aromatic heterocycles. The molecule has 1 fully saturated rings. The number of aryl methyl sites for hydroxylation is 1. The van der Waals surface area contributed by atoms with E-state index in [0.717, 1.165) is 22.1 Å². The molecule has 1 saturated heterocycles. The van der Waals surface area contributed by atoms with Crippen molar-refractivity contribution >= 4 is 38.7 Å². The Morgan fingerprint density at radius 2 is 1.88 bits per heavy atom. The predicted molar refractivity (Wildman–Crippen MR) is 99.6 cm³/mol. The van der Waals surface area contributed by atoms with E-state index in [9.17, 15) is 14.5 Å². The molecule has 0 amide bonds. The first-order valence-electron chi connectivity index (χ1n) is 8.18. The molecule has 1 aromatic carbocycles. The van der Waals surface area contributed by atoms with Gasteiger partial charge in [0.25, 0.3) is 5.69 Å². The molecule has 1 aliphatic rings. The molecule has 3 aromatic rings. The van der Waals surface area contributed by atoms with Gasteiger partial charge in [0, 0.05) is 37.1 Å². The highest BCUT2D eigenvalue weighted by molar-refractivity contribution is 7.18. The monoisotopic (exact) mass is 373 g/mol. The molecule has 0 bridgehead atoms. The highest BCUT2D eigenvalue weighted by Gasteiger charge is 2.23. The fourth-order valence-electron chi connectivity index (χ4n) is 3.24. The number of nitrogens with zero attached hydrogens (tertiary/aromatic N) is 5. The average Bonchev–Trinajstić information content (AvgIpc) is 3.02. The van der Waals surface area contributed by atoms with Crippen molar-refractivity contribution in [3.63, 3.8) is 0 Å². The van der Waals surface area contributed by atoms with Gasteiger partial charge in [-0.15, -0.1) is 11.3 Å². The summed E-state index contributed by atoms with van der Waals surface area (Å²) in [5.74, 6) is 0.341. The van der Waals surface area contributed by atoms with E-state index in [2.05, 4.69) is 20.9 Å². The van der Waals surface area contributed by atoms with Crippen LogP contribution in [-0.2, 0) is 0 Å². The molecule has 0 atom stereocenters. The van der Waals surface area contributed by atoms with Crippen LogP contribution in [0.4, 0.5) is 21.6 Å². The Hall–Kier alpha value is -2.81. The smallest absolute Gasteiger partial charge is 0.272 e. The summed E-state index contributed by atoms with van der Waals surface area (Å²) < 4.78 is 14.2. The number of halogens is 1. The number of hydrogen-bond donors (Lipinski definition) is 0. The third-order valence-corrected chi connectivity index (χ3v) is 5.45. The lowest BCUT2D eigenvalue weighted by molar-refractivity contribution is -0.385. The van der Waals surface area contributed by atoms with Gasteiger partial charge in [0.1, 0.15) is 17.0 Å². The second-order valence-corrected chi connectivity index (χ2v) is 7.37. The lowest BCUT2D eigenvalue weighted by Crippen LogP contribution is -2.47. The van der Waals surface area contributed by atoms with E-state index in [1.165, 1.54) is 17.0 Å². The van der Waals surface area contributed by atoms with Crippen molar-refractivity contribution in [2.75, 3.05) is 36.0 Å². The van der Waals surface area contributed by atoms with Crippen LogP contribution >= 0.6 is 11.3 Å². The SMILES string of the molecule is Cc1cc2c(N3CCN(c4ccc([N+](=O)[O-])cc4F)CC3)ncnc2s1. The first kappa shape index (κ1) is 16.6. The largest absolute Gasteiger partial charge is 0.366 e. The maximum atomic E-state index is 14.2. The molecule has 7 nitrogen and oxygen atoms in total. The molecular weight excluding hydrogens is 357 g/mol. The predicted octanol–water partition coefficient (Wildman–Crippen LogP) is 3.37. The fourth-order valence-corrected chi connectivity index (χ4v) is 4.08. The molecule has 0 unspecified atom stereocenters. The van der Waals surface area contributed by atoms with Crippen LogP contribution in [0.25, 0.3) is 10.2 Å². The number of non-ortho nitro benzene ring substituents is 1. The van der Waals surface area contributed by atoms with E-state index in [-0.39, 0.29) is 5.69 Å². The number of rotatable bonds is 3. The standard InChI is InChI=1S/C17H16FN5O2S/c1-11-8-13-16(19-10-20-17(13)26-11)22-6-4-21(5-7-22)15-3-2-12(23(24)25)9-14(15)18/h2-3,8-10H,4-7H2,1H3. The number of benzene rings is 1. The highest BCUT2D eigenvalue weighted by atomic mass is 32.1. The molecule has 0 radical (unpaired) electrons. The maximum Gasteiger partial charge on any atom is 0.272 e. The zero-order chi connectivity index (χ0) is 18.3. The quantitative estimate of drug-likeness (QED) is 0.518. The first-order valence-corrected chi connectivity index (χ1v) is 8.99. The maximum absolute atomic E-state index is 14.2. The normalized spacial score (nSPS) is 14.8. The van der Waals surface area contributed by atoms with Crippen molar-refractivity contribution in [1.29, 1.82) is 0 Å². The van der Waals surface area contributed by atoms with Gasteiger partial charge in [0.15, 0.2) is 5.82 Å². The van der Waals surface area contributed by atoms with Gasteiger partial charge in [0.05, 0.1) is 22.1 Å². The first-order chi connectivity index (χ1) is 12.5. The van der Waals surface area contributed by atoms with Gasteiger partial charge >= 0.3 is 0 Å². The van der Waals surface area contributed by atoms with Crippen molar-refractivity contribution in [1.82, 2.24) is 9.97 Å². The Morgan fingerprint density at radius 1 is 1.15 bits per heavy atom. The van der Waals surface area contributed by atoms with E-state index < -0.39 is 10.7 Å². The minimum absolute atomic E-state index is 0.235. The molecule has 0 aliphatic carbocycles. The van der Waals surface area contributed by atoms with Crippen molar-refractivity contribution < 1.29 is 9.31 Å². The molecule has 9 heteroatoms. The summed E-state index contributed by atoms with van der Waals surface area (Å²) in [5, 5.41) is 11.8. The van der Waals surface area contributed by atoms with Crippen molar-refractivity contribution in [3.05, 3.63) is 51.4 Å². The minimum atomic E-state index is -0.589. The van der Waals surface area contributed by atoms with Gasteiger partial charge < -0.3 is 9.80 Å². The van der Waals surface area contributed by atoms with Gasteiger partial charge in [-0.3, -0.25) is 10.1 Å². The van der Waals surface area contributed by atoms with Crippen molar-refractivity contribution in [2.24, 2.45) is 0 Å². The van der Waals surface area contributed by atoms with E-state index in [1.807, 2.05) is 11.8 Å². The van der Waals surface area contributed by atoms with E-state index >= 15 is 0 Å². The molecule has 1 aliphatic heterocycles. The molecule has 4 rings (SSSR count). The molecular formula is C17H16FN5O2S. The third-order valence-electron chi connectivity index (χ3n) is 4.49. The van der Waals surface area contributed by atoms with Crippen LogP contribution in [0.2, 0.25) is 0 Å². The molecule has 26 heavy (non-hydrogen) atoms. The van der Waals surface area contributed by atoms with Crippen molar-refractivity contribution in [3.8, 4) is 0 Å².